The van der Waals surface area contributed by atoms with E-state index in [1.807, 2.05) is 12.1 Å². The molecular weight excluding hydrogens is 253 g/mol. The quantitative estimate of drug-likeness (QED) is 0.910. The molecule has 1 heterocycles. The van der Waals surface area contributed by atoms with Crippen molar-refractivity contribution in [1.29, 1.82) is 0 Å². The Hall–Kier alpha value is -0.930. The van der Waals surface area contributed by atoms with Crippen LogP contribution in [0.1, 0.15) is 45.2 Å². The minimum absolute atomic E-state index is 0.175. The van der Waals surface area contributed by atoms with Gasteiger partial charge >= 0.3 is 0 Å². The van der Waals surface area contributed by atoms with E-state index >= 15 is 0 Å². The molecule has 1 aliphatic heterocycles. The minimum atomic E-state index is -0.175. The molecule has 4 atom stereocenters. The summed E-state index contributed by atoms with van der Waals surface area (Å²) < 4.78 is 18.9. The van der Waals surface area contributed by atoms with Crippen LogP contribution in [0.5, 0.6) is 0 Å². The van der Waals surface area contributed by atoms with Crippen molar-refractivity contribution >= 4 is 0 Å². The van der Waals surface area contributed by atoms with Gasteiger partial charge in [-0.1, -0.05) is 26.0 Å². The average molecular weight is 277 g/mol. The van der Waals surface area contributed by atoms with Crippen molar-refractivity contribution < 1.29 is 9.13 Å². The van der Waals surface area contributed by atoms with E-state index < -0.39 is 0 Å². The van der Waals surface area contributed by atoms with Crippen molar-refractivity contribution in [3.63, 3.8) is 0 Å². The van der Waals surface area contributed by atoms with Gasteiger partial charge in [0.1, 0.15) is 5.82 Å². The molecule has 1 saturated heterocycles. The number of benzene rings is 1. The highest BCUT2D eigenvalue weighted by Crippen LogP contribution is 2.51. The predicted octanol–water partition coefficient (Wildman–Crippen LogP) is 3.68. The monoisotopic (exact) mass is 277 g/mol. The van der Waals surface area contributed by atoms with Gasteiger partial charge in [-0.25, -0.2) is 4.39 Å². The Morgan fingerprint density at radius 3 is 2.70 bits per heavy atom. The fourth-order valence-corrected chi connectivity index (χ4v) is 3.98. The topological polar surface area (TPSA) is 21.3 Å². The van der Waals surface area contributed by atoms with E-state index in [0.717, 1.165) is 12.2 Å². The summed E-state index contributed by atoms with van der Waals surface area (Å²) in [6.07, 6.45) is 2.82. The first-order valence-electron chi connectivity index (χ1n) is 7.63. The van der Waals surface area contributed by atoms with Crippen molar-refractivity contribution in [2.45, 2.75) is 51.8 Å². The lowest BCUT2D eigenvalue weighted by Crippen LogP contribution is -2.69. The van der Waals surface area contributed by atoms with Crippen molar-refractivity contribution in [2.24, 2.45) is 11.3 Å². The SMILES string of the molecule is C[C@@H](NC1C2CCCOC2C1(C)C)c1ccc(F)cc1. The smallest absolute Gasteiger partial charge is 0.123 e. The highest BCUT2D eigenvalue weighted by molar-refractivity contribution is 5.21. The number of ether oxygens (including phenoxy) is 1. The summed E-state index contributed by atoms with van der Waals surface area (Å²) >= 11 is 0. The van der Waals surface area contributed by atoms with Gasteiger partial charge in [0.15, 0.2) is 0 Å². The normalized spacial score (nSPS) is 33.1. The van der Waals surface area contributed by atoms with Crippen LogP contribution in [0.15, 0.2) is 24.3 Å². The molecule has 3 unspecified atom stereocenters. The third-order valence-corrected chi connectivity index (χ3v) is 5.13. The maximum Gasteiger partial charge on any atom is 0.123 e. The first-order valence-corrected chi connectivity index (χ1v) is 7.63. The van der Waals surface area contributed by atoms with Gasteiger partial charge in [0.05, 0.1) is 6.10 Å². The average Bonchev–Trinajstić information content (AvgIpc) is 2.45. The van der Waals surface area contributed by atoms with Crippen molar-refractivity contribution in [2.75, 3.05) is 6.61 Å². The highest BCUT2D eigenvalue weighted by atomic mass is 19.1. The molecule has 3 heteroatoms. The van der Waals surface area contributed by atoms with Crippen LogP contribution in [0.4, 0.5) is 4.39 Å². The predicted molar refractivity (Wildman–Crippen MR) is 78.0 cm³/mol. The molecule has 0 aromatic heterocycles. The van der Waals surface area contributed by atoms with Gasteiger partial charge in [-0.3, -0.25) is 0 Å². The summed E-state index contributed by atoms with van der Waals surface area (Å²) in [6, 6.07) is 7.52. The lowest BCUT2D eigenvalue weighted by molar-refractivity contribution is -0.194. The summed E-state index contributed by atoms with van der Waals surface area (Å²) in [6.45, 7) is 7.63. The Kier molecular flexibility index (Phi) is 3.59. The van der Waals surface area contributed by atoms with Gasteiger partial charge in [-0.05, 0) is 37.5 Å². The molecule has 110 valence electrons. The Morgan fingerprint density at radius 2 is 2.00 bits per heavy atom. The second-order valence-electron chi connectivity index (χ2n) is 6.84. The molecule has 0 amide bonds. The van der Waals surface area contributed by atoms with Crippen molar-refractivity contribution in [1.82, 2.24) is 5.32 Å². The summed E-state index contributed by atoms with van der Waals surface area (Å²) in [7, 11) is 0. The number of hydrogen-bond donors (Lipinski definition) is 1. The van der Waals surface area contributed by atoms with Gasteiger partial charge < -0.3 is 10.1 Å². The van der Waals surface area contributed by atoms with Crippen LogP contribution < -0.4 is 5.32 Å². The van der Waals surface area contributed by atoms with Crippen LogP contribution in [0, 0.1) is 17.2 Å². The summed E-state index contributed by atoms with van der Waals surface area (Å²) in [5.74, 6) is 0.451. The summed E-state index contributed by atoms with van der Waals surface area (Å²) in [5.41, 5.74) is 1.32. The van der Waals surface area contributed by atoms with Crippen LogP contribution in [-0.2, 0) is 4.74 Å². The molecule has 1 aliphatic carbocycles. The van der Waals surface area contributed by atoms with E-state index in [9.17, 15) is 4.39 Å². The maximum absolute atomic E-state index is 13.0. The largest absolute Gasteiger partial charge is 0.377 e. The molecular formula is C17H24FNO. The van der Waals surface area contributed by atoms with E-state index in [1.54, 1.807) is 0 Å². The van der Waals surface area contributed by atoms with E-state index in [-0.39, 0.29) is 17.3 Å². The molecule has 1 aromatic rings. The molecule has 1 aromatic carbocycles. The molecule has 20 heavy (non-hydrogen) atoms. The van der Waals surface area contributed by atoms with Gasteiger partial charge in [0.2, 0.25) is 0 Å². The first-order chi connectivity index (χ1) is 9.50. The lowest BCUT2D eigenvalue weighted by Gasteiger charge is -2.60. The molecule has 0 bridgehead atoms. The van der Waals surface area contributed by atoms with E-state index in [4.69, 9.17) is 4.74 Å². The van der Waals surface area contributed by atoms with Gasteiger partial charge in [0.25, 0.3) is 0 Å². The number of hydrogen-bond acceptors (Lipinski definition) is 2. The number of halogens is 1. The highest BCUT2D eigenvalue weighted by Gasteiger charge is 2.57. The molecule has 1 N–H and O–H groups in total. The molecule has 0 radical (unpaired) electrons. The van der Waals surface area contributed by atoms with E-state index in [1.165, 1.54) is 25.0 Å². The zero-order valence-corrected chi connectivity index (χ0v) is 12.5. The minimum Gasteiger partial charge on any atom is -0.377 e. The standard InChI is InChI=1S/C17H24FNO/c1-11(12-6-8-13(18)9-7-12)19-15-14-5-4-10-20-16(14)17(15,2)3/h6-9,11,14-16,19H,4-5,10H2,1-3H3/t11-,14?,15?,16?/m1/s1. The third kappa shape index (κ3) is 2.27. The Balaban J connectivity index is 1.69. The van der Waals surface area contributed by atoms with Crippen LogP contribution in [0.25, 0.3) is 0 Å². The zero-order valence-electron chi connectivity index (χ0n) is 12.5. The van der Waals surface area contributed by atoms with Crippen LogP contribution in [-0.4, -0.2) is 18.8 Å². The third-order valence-electron chi connectivity index (χ3n) is 5.13. The second kappa shape index (κ2) is 5.12. The van der Waals surface area contributed by atoms with E-state index in [0.29, 0.717) is 18.1 Å². The fourth-order valence-electron chi connectivity index (χ4n) is 3.98. The molecule has 2 fully saturated rings. The van der Waals surface area contributed by atoms with Gasteiger partial charge in [-0.2, -0.15) is 0 Å². The van der Waals surface area contributed by atoms with Crippen molar-refractivity contribution in [3.05, 3.63) is 35.6 Å². The molecule has 2 aliphatic rings. The van der Waals surface area contributed by atoms with Crippen LogP contribution >= 0.6 is 0 Å². The summed E-state index contributed by atoms with van der Waals surface area (Å²) in [4.78, 5) is 0. The number of rotatable bonds is 3. The Labute approximate surface area is 120 Å². The second-order valence-corrected chi connectivity index (χ2v) is 6.84. The van der Waals surface area contributed by atoms with Gasteiger partial charge in [-0.15, -0.1) is 0 Å². The zero-order chi connectivity index (χ0) is 14.3. The number of nitrogens with one attached hydrogen (secondary N) is 1. The molecule has 0 spiro atoms. The van der Waals surface area contributed by atoms with Crippen molar-refractivity contribution in [3.8, 4) is 0 Å². The molecule has 3 rings (SSSR count). The summed E-state index contributed by atoms with van der Waals surface area (Å²) in [5, 5.41) is 3.74. The van der Waals surface area contributed by atoms with E-state index in [2.05, 4.69) is 26.1 Å². The molecule has 2 nitrogen and oxygen atoms in total. The maximum atomic E-state index is 13.0. The fraction of sp³-hybridized carbons (Fsp3) is 0.647. The van der Waals surface area contributed by atoms with Crippen LogP contribution in [0.3, 0.4) is 0 Å². The Bertz CT molecular complexity index is 470. The lowest BCUT2D eigenvalue weighted by atomic mass is 9.55. The first kappa shape index (κ1) is 14.0. The van der Waals surface area contributed by atoms with Gasteiger partial charge in [0, 0.05) is 30.0 Å². The molecule has 1 saturated carbocycles. The Morgan fingerprint density at radius 1 is 1.30 bits per heavy atom. The number of fused-ring (bicyclic) bond motifs is 1. The van der Waals surface area contributed by atoms with Crippen LogP contribution in [0.2, 0.25) is 0 Å².